The number of hydrogen-bond donors (Lipinski definition) is 1. The van der Waals surface area contributed by atoms with E-state index in [1.54, 1.807) is 38.1 Å². The van der Waals surface area contributed by atoms with E-state index in [1.165, 1.54) is 22.5 Å². The molecule has 2 aromatic carbocycles. The van der Waals surface area contributed by atoms with E-state index >= 15 is 0 Å². The summed E-state index contributed by atoms with van der Waals surface area (Å²) in [6, 6.07) is 10.8. The van der Waals surface area contributed by atoms with Gasteiger partial charge in [0.25, 0.3) is 11.8 Å². The number of amides is 2. The Morgan fingerprint density at radius 2 is 1.58 bits per heavy atom. The molecular formula is C22H26ClN3O4S. The molecule has 3 rings (SSSR count). The van der Waals surface area contributed by atoms with Gasteiger partial charge in [0.05, 0.1) is 5.02 Å². The van der Waals surface area contributed by atoms with Crippen molar-refractivity contribution >= 4 is 39.1 Å². The summed E-state index contributed by atoms with van der Waals surface area (Å²) in [5.74, 6) is -0.481. The molecule has 2 amide bonds. The van der Waals surface area contributed by atoms with Crippen LogP contribution in [0.25, 0.3) is 0 Å². The first-order valence-corrected chi connectivity index (χ1v) is 12.1. The zero-order valence-corrected chi connectivity index (χ0v) is 19.2. The Bertz CT molecular complexity index is 1060. The van der Waals surface area contributed by atoms with Gasteiger partial charge in [-0.25, -0.2) is 8.42 Å². The molecule has 0 radical (unpaired) electrons. The summed E-state index contributed by atoms with van der Waals surface area (Å²) in [6.45, 7) is 5.62. The van der Waals surface area contributed by atoms with Crippen LogP contribution in [0.1, 0.15) is 47.4 Å². The molecule has 0 unspecified atom stereocenters. The highest BCUT2D eigenvalue weighted by atomic mass is 35.5. The third kappa shape index (κ3) is 5.08. The van der Waals surface area contributed by atoms with Gasteiger partial charge in [-0.2, -0.15) is 4.31 Å². The van der Waals surface area contributed by atoms with Crippen molar-refractivity contribution in [1.82, 2.24) is 9.21 Å². The highest BCUT2D eigenvalue weighted by Crippen LogP contribution is 2.26. The fourth-order valence-electron chi connectivity index (χ4n) is 3.55. The first-order chi connectivity index (χ1) is 14.8. The predicted molar refractivity (Wildman–Crippen MR) is 121 cm³/mol. The second-order valence-corrected chi connectivity index (χ2v) is 9.58. The van der Waals surface area contributed by atoms with Crippen LogP contribution in [0.5, 0.6) is 0 Å². The normalized spacial score (nSPS) is 14.1. The molecular weight excluding hydrogens is 438 g/mol. The number of rotatable bonds is 7. The van der Waals surface area contributed by atoms with Crippen LogP contribution in [-0.4, -0.2) is 55.6 Å². The molecule has 1 N–H and O–H groups in total. The number of carbonyl (C=O) groups is 2. The first kappa shape index (κ1) is 23.2. The third-order valence-electron chi connectivity index (χ3n) is 5.30. The third-order valence-corrected chi connectivity index (χ3v) is 7.83. The van der Waals surface area contributed by atoms with Crippen LogP contribution in [0.3, 0.4) is 0 Å². The van der Waals surface area contributed by atoms with Gasteiger partial charge in [0.1, 0.15) is 4.90 Å². The van der Waals surface area contributed by atoms with E-state index in [9.17, 15) is 18.0 Å². The molecule has 2 aromatic rings. The van der Waals surface area contributed by atoms with Crippen molar-refractivity contribution in [3.8, 4) is 0 Å². The molecule has 31 heavy (non-hydrogen) atoms. The highest BCUT2D eigenvalue weighted by molar-refractivity contribution is 7.89. The minimum absolute atomic E-state index is 0.0145. The number of carbonyl (C=O) groups excluding carboxylic acids is 2. The Labute approximate surface area is 188 Å². The van der Waals surface area contributed by atoms with Crippen molar-refractivity contribution in [2.45, 2.75) is 31.6 Å². The largest absolute Gasteiger partial charge is 0.339 e. The van der Waals surface area contributed by atoms with Gasteiger partial charge in [-0.15, -0.1) is 0 Å². The molecule has 0 atom stereocenters. The fourth-order valence-corrected chi connectivity index (χ4v) is 5.51. The number of nitrogens with one attached hydrogen (secondary N) is 1. The van der Waals surface area contributed by atoms with Gasteiger partial charge in [-0.1, -0.05) is 25.4 Å². The smallest absolute Gasteiger partial charge is 0.255 e. The van der Waals surface area contributed by atoms with Crippen molar-refractivity contribution in [2.75, 3.05) is 31.5 Å². The molecule has 0 saturated carbocycles. The number of anilines is 1. The molecule has 166 valence electrons. The minimum Gasteiger partial charge on any atom is -0.339 e. The van der Waals surface area contributed by atoms with Gasteiger partial charge in [0, 0.05) is 43.0 Å². The monoisotopic (exact) mass is 463 g/mol. The summed E-state index contributed by atoms with van der Waals surface area (Å²) in [6.07, 6.45) is 2.04. The van der Waals surface area contributed by atoms with E-state index in [0.29, 0.717) is 24.3 Å². The van der Waals surface area contributed by atoms with Crippen LogP contribution in [0.15, 0.2) is 47.4 Å². The summed E-state index contributed by atoms with van der Waals surface area (Å²) in [5.41, 5.74) is 1.25. The van der Waals surface area contributed by atoms with Crippen molar-refractivity contribution in [1.29, 1.82) is 0 Å². The zero-order valence-electron chi connectivity index (χ0n) is 17.6. The van der Waals surface area contributed by atoms with E-state index in [-0.39, 0.29) is 21.4 Å². The number of sulfonamides is 1. The van der Waals surface area contributed by atoms with E-state index in [0.717, 1.165) is 25.9 Å². The molecule has 0 bridgehead atoms. The van der Waals surface area contributed by atoms with Crippen molar-refractivity contribution in [3.05, 3.63) is 58.6 Å². The van der Waals surface area contributed by atoms with E-state index in [4.69, 9.17) is 11.6 Å². The molecule has 1 saturated heterocycles. The molecule has 1 heterocycles. The van der Waals surface area contributed by atoms with Gasteiger partial charge in [-0.05, 0) is 55.3 Å². The molecule has 0 aliphatic carbocycles. The average molecular weight is 464 g/mol. The van der Waals surface area contributed by atoms with Crippen molar-refractivity contribution < 1.29 is 18.0 Å². The summed E-state index contributed by atoms with van der Waals surface area (Å²) < 4.78 is 26.9. The van der Waals surface area contributed by atoms with Gasteiger partial charge >= 0.3 is 0 Å². The minimum atomic E-state index is -3.80. The molecule has 1 aliphatic rings. The van der Waals surface area contributed by atoms with E-state index in [1.807, 2.05) is 4.90 Å². The Morgan fingerprint density at radius 3 is 2.16 bits per heavy atom. The van der Waals surface area contributed by atoms with Crippen molar-refractivity contribution in [3.63, 3.8) is 0 Å². The van der Waals surface area contributed by atoms with E-state index in [2.05, 4.69) is 5.32 Å². The number of benzene rings is 2. The number of halogens is 1. The molecule has 0 spiro atoms. The predicted octanol–water partition coefficient (Wildman–Crippen LogP) is 3.86. The number of likely N-dealkylation sites (tertiary alicyclic amines) is 1. The first-order valence-electron chi connectivity index (χ1n) is 10.3. The molecule has 9 heteroatoms. The SMILES string of the molecule is CCN(CC)S(=O)(=O)c1cc(C(=O)Nc2ccc(C(=O)N3CCCC3)cc2)ccc1Cl. The lowest BCUT2D eigenvalue weighted by atomic mass is 10.1. The molecule has 0 aromatic heterocycles. The maximum Gasteiger partial charge on any atom is 0.255 e. The van der Waals surface area contributed by atoms with Crippen LogP contribution >= 0.6 is 11.6 Å². The Balaban J connectivity index is 1.77. The van der Waals surface area contributed by atoms with Crippen LogP contribution in [0.4, 0.5) is 5.69 Å². The highest BCUT2D eigenvalue weighted by Gasteiger charge is 2.25. The quantitative estimate of drug-likeness (QED) is 0.675. The maximum absolute atomic E-state index is 12.8. The zero-order chi connectivity index (χ0) is 22.6. The van der Waals surface area contributed by atoms with Gasteiger partial charge in [0.15, 0.2) is 0 Å². The lowest BCUT2D eigenvalue weighted by Gasteiger charge is -2.19. The average Bonchev–Trinajstić information content (AvgIpc) is 3.29. The van der Waals surface area contributed by atoms with Crippen LogP contribution < -0.4 is 5.32 Å². The lowest BCUT2D eigenvalue weighted by molar-refractivity contribution is 0.0792. The molecule has 1 aliphatic heterocycles. The van der Waals surface area contributed by atoms with Crippen molar-refractivity contribution in [2.24, 2.45) is 0 Å². The Hall–Kier alpha value is -2.42. The van der Waals surface area contributed by atoms with Gasteiger partial charge < -0.3 is 10.2 Å². The topological polar surface area (TPSA) is 86.8 Å². The fraction of sp³-hybridized carbons (Fsp3) is 0.364. The summed E-state index contributed by atoms with van der Waals surface area (Å²) in [4.78, 5) is 26.9. The summed E-state index contributed by atoms with van der Waals surface area (Å²) in [7, 11) is -3.80. The summed E-state index contributed by atoms with van der Waals surface area (Å²) in [5, 5.41) is 2.80. The van der Waals surface area contributed by atoms with Crippen LogP contribution in [0.2, 0.25) is 5.02 Å². The Kier molecular flexibility index (Phi) is 7.35. The maximum atomic E-state index is 12.8. The van der Waals surface area contributed by atoms with Crippen LogP contribution in [0, 0.1) is 0 Å². The Morgan fingerprint density at radius 1 is 1.00 bits per heavy atom. The standard InChI is InChI=1S/C22H26ClN3O4S/c1-3-26(4-2)31(29,30)20-15-17(9-12-19(20)23)21(27)24-18-10-7-16(8-11-18)22(28)25-13-5-6-14-25/h7-12,15H,3-6,13-14H2,1-2H3,(H,24,27). The summed E-state index contributed by atoms with van der Waals surface area (Å²) >= 11 is 6.13. The lowest BCUT2D eigenvalue weighted by Crippen LogP contribution is -2.31. The van der Waals surface area contributed by atoms with Crippen LogP contribution in [-0.2, 0) is 10.0 Å². The molecule has 1 fully saturated rings. The van der Waals surface area contributed by atoms with E-state index < -0.39 is 15.9 Å². The number of nitrogens with zero attached hydrogens (tertiary/aromatic N) is 2. The number of hydrogen-bond acceptors (Lipinski definition) is 4. The second-order valence-electron chi connectivity index (χ2n) is 7.27. The van der Waals surface area contributed by atoms with Gasteiger partial charge in [0.2, 0.25) is 10.0 Å². The molecule has 7 nitrogen and oxygen atoms in total. The second kappa shape index (κ2) is 9.80. The van der Waals surface area contributed by atoms with Gasteiger partial charge in [-0.3, -0.25) is 9.59 Å².